The van der Waals surface area contributed by atoms with Crippen LogP contribution < -0.4 is 10.5 Å². The molecule has 3 rings (SSSR count). The number of nitrogens with two attached hydrogens (primary N) is 1. The first-order valence-corrected chi connectivity index (χ1v) is 10.1. The van der Waals surface area contributed by atoms with Gasteiger partial charge in [-0.2, -0.15) is 0 Å². The number of thiazole rings is 1. The van der Waals surface area contributed by atoms with Crippen LogP contribution in [0, 0.1) is 6.92 Å². The minimum Gasteiger partial charge on any atom is -0.328 e. The van der Waals surface area contributed by atoms with E-state index >= 15 is 0 Å². The second kappa shape index (κ2) is 6.68. The highest BCUT2D eigenvalue weighted by molar-refractivity contribution is 7.89. The van der Waals surface area contributed by atoms with Crippen LogP contribution in [0.15, 0.2) is 34.5 Å². The van der Waals surface area contributed by atoms with Crippen molar-refractivity contribution < 1.29 is 8.42 Å². The molecule has 1 saturated carbocycles. The van der Waals surface area contributed by atoms with Crippen LogP contribution in [0.25, 0.3) is 10.6 Å². The molecule has 7 heteroatoms. The molecule has 0 spiro atoms. The monoisotopic (exact) mass is 351 g/mol. The highest BCUT2D eigenvalue weighted by Gasteiger charge is 2.24. The van der Waals surface area contributed by atoms with E-state index in [1.165, 1.54) is 11.3 Å². The molecule has 0 radical (unpaired) electrons. The number of nitrogens with zero attached hydrogens (tertiary/aromatic N) is 1. The van der Waals surface area contributed by atoms with Crippen LogP contribution in [-0.4, -0.2) is 25.5 Å². The Kier molecular flexibility index (Phi) is 4.82. The lowest BCUT2D eigenvalue weighted by Gasteiger charge is -2.26. The number of aryl methyl sites for hydroxylation is 1. The normalized spacial score (nSPS) is 22.2. The Labute approximate surface area is 141 Å². The summed E-state index contributed by atoms with van der Waals surface area (Å²) in [7, 11) is -3.52. The van der Waals surface area contributed by atoms with Gasteiger partial charge in [0.15, 0.2) is 0 Å². The van der Waals surface area contributed by atoms with Crippen molar-refractivity contribution in [2.24, 2.45) is 5.73 Å². The van der Waals surface area contributed by atoms with Crippen LogP contribution in [0.3, 0.4) is 0 Å². The molecule has 0 bridgehead atoms. The lowest BCUT2D eigenvalue weighted by Crippen LogP contribution is -2.40. The van der Waals surface area contributed by atoms with E-state index < -0.39 is 10.0 Å². The van der Waals surface area contributed by atoms with Crippen LogP contribution in [0.2, 0.25) is 0 Å². The van der Waals surface area contributed by atoms with E-state index in [1.807, 2.05) is 18.4 Å². The predicted octanol–water partition coefficient (Wildman–Crippen LogP) is 2.67. The van der Waals surface area contributed by atoms with Crippen LogP contribution >= 0.6 is 11.3 Å². The van der Waals surface area contributed by atoms with Gasteiger partial charge in [0, 0.05) is 28.7 Å². The van der Waals surface area contributed by atoms with Crippen molar-refractivity contribution in [3.63, 3.8) is 0 Å². The van der Waals surface area contributed by atoms with E-state index in [0.717, 1.165) is 41.9 Å². The molecule has 0 saturated heterocycles. The lowest BCUT2D eigenvalue weighted by atomic mass is 9.93. The molecule has 0 unspecified atom stereocenters. The Hall–Kier alpha value is -1.28. The number of nitrogens with one attached hydrogen (secondary N) is 1. The molecule has 23 heavy (non-hydrogen) atoms. The summed E-state index contributed by atoms with van der Waals surface area (Å²) >= 11 is 1.52. The second-order valence-corrected chi connectivity index (χ2v) is 8.63. The Morgan fingerprint density at radius 3 is 2.65 bits per heavy atom. The van der Waals surface area contributed by atoms with Crippen LogP contribution in [0.5, 0.6) is 0 Å². The summed E-state index contributed by atoms with van der Waals surface area (Å²) in [5.74, 6) is 0. The number of hydrogen-bond donors (Lipinski definition) is 2. The fourth-order valence-corrected chi connectivity index (χ4v) is 4.95. The molecule has 0 amide bonds. The maximum atomic E-state index is 12.6. The topological polar surface area (TPSA) is 85.1 Å². The van der Waals surface area contributed by atoms with E-state index in [-0.39, 0.29) is 17.0 Å². The van der Waals surface area contributed by atoms with Gasteiger partial charge in [-0.15, -0.1) is 11.3 Å². The number of sulfonamides is 1. The number of rotatable bonds is 4. The quantitative estimate of drug-likeness (QED) is 0.887. The Morgan fingerprint density at radius 1 is 1.26 bits per heavy atom. The first kappa shape index (κ1) is 16.6. The van der Waals surface area contributed by atoms with Crippen molar-refractivity contribution in [3.8, 4) is 10.6 Å². The summed E-state index contributed by atoms with van der Waals surface area (Å²) in [4.78, 5) is 4.71. The molecule has 0 aliphatic heterocycles. The van der Waals surface area contributed by atoms with Crippen molar-refractivity contribution in [2.75, 3.05) is 0 Å². The van der Waals surface area contributed by atoms with E-state index in [0.29, 0.717) is 0 Å². The summed E-state index contributed by atoms with van der Waals surface area (Å²) in [6, 6.07) is 7.14. The van der Waals surface area contributed by atoms with Crippen LogP contribution in [0.4, 0.5) is 0 Å². The highest BCUT2D eigenvalue weighted by atomic mass is 32.2. The summed E-state index contributed by atoms with van der Waals surface area (Å²) in [5.41, 5.74) is 7.65. The molecule has 1 aliphatic carbocycles. The Bertz CT molecular complexity index is 778. The zero-order valence-electron chi connectivity index (χ0n) is 13.0. The van der Waals surface area contributed by atoms with Gasteiger partial charge < -0.3 is 5.73 Å². The number of aromatic nitrogens is 1. The predicted molar refractivity (Wildman–Crippen MR) is 92.8 cm³/mol. The molecule has 5 nitrogen and oxygen atoms in total. The third kappa shape index (κ3) is 3.98. The molecule has 3 N–H and O–H groups in total. The Balaban J connectivity index is 1.80. The molecule has 1 aliphatic rings. The van der Waals surface area contributed by atoms with E-state index in [4.69, 9.17) is 5.73 Å². The summed E-state index contributed by atoms with van der Waals surface area (Å²) in [6.07, 6.45) is 3.33. The average Bonchev–Trinajstić information content (AvgIpc) is 2.96. The fourth-order valence-electron chi connectivity index (χ4n) is 2.81. The van der Waals surface area contributed by atoms with Crippen molar-refractivity contribution in [1.82, 2.24) is 9.71 Å². The maximum absolute atomic E-state index is 12.6. The standard InChI is InChI=1S/C16H21N3O2S2/c1-11-10-22-16(18-11)12-3-2-4-15(9-12)23(20,21)19-14-7-5-13(17)6-8-14/h2-4,9-10,13-14,19H,5-8,17H2,1H3. The summed E-state index contributed by atoms with van der Waals surface area (Å²) in [6.45, 7) is 1.93. The van der Waals surface area contributed by atoms with Gasteiger partial charge in [0.2, 0.25) is 10.0 Å². The van der Waals surface area contributed by atoms with Crippen molar-refractivity contribution >= 4 is 21.4 Å². The molecule has 2 aromatic rings. The minimum absolute atomic E-state index is 0.0226. The van der Waals surface area contributed by atoms with E-state index in [9.17, 15) is 8.42 Å². The first-order valence-electron chi connectivity index (χ1n) is 7.74. The fraction of sp³-hybridized carbons (Fsp3) is 0.438. The zero-order chi connectivity index (χ0) is 16.4. The van der Waals surface area contributed by atoms with Gasteiger partial charge >= 0.3 is 0 Å². The van der Waals surface area contributed by atoms with Gasteiger partial charge in [0.05, 0.1) is 4.90 Å². The van der Waals surface area contributed by atoms with Gasteiger partial charge in [-0.3, -0.25) is 0 Å². The zero-order valence-corrected chi connectivity index (χ0v) is 14.7. The summed E-state index contributed by atoms with van der Waals surface area (Å²) in [5, 5.41) is 2.79. The average molecular weight is 351 g/mol. The number of benzene rings is 1. The molecule has 1 aromatic heterocycles. The van der Waals surface area contributed by atoms with Crippen molar-refractivity contribution in [2.45, 2.75) is 49.6 Å². The van der Waals surface area contributed by atoms with Crippen LogP contribution in [0.1, 0.15) is 31.4 Å². The Morgan fingerprint density at radius 2 is 2.00 bits per heavy atom. The minimum atomic E-state index is -3.52. The van der Waals surface area contributed by atoms with Gasteiger partial charge in [0.25, 0.3) is 0 Å². The molecule has 124 valence electrons. The molecule has 0 atom stereocenters. The van der Waals surface area contributed by atoms with E-state index in [2.05, 4.69) is 9.71 Å². The third-order valence-corrected chi connectivity index (χ3v) is 6.63. The van der Waals surface area contributed by atoms with Gasteiger partial charge in [-0.25, -0.2) is 18.1 Å². The first-order chi connectivity index (χ1) is 10.9. The second-order valence-electron chi connectivity index (χ2n) is 6.05. The third-order valence-electron chi connectivity index (χ3n) is 4.10. The van der Waals surface area contributed by atoms with Gasteiger partial charge in [-0.1, -0.05) is 12.1 Å². The van der Waals surface area contributed by atoms with Gasteiger partial charge in [-0.05, 0) is 44.7 Å². The molecular formula is C16H21N3O2S2. The maximum Gasteiger partial charge on any atom is 0.240 e. The molecule has 1 fully saturated rings. The highest BCUT2D eigenvalue weighted by Crippen LogP contribution is 2.26. The summed E-state index contributed by atoms with van der Waals surface area (Å²) < 4.78 is 28.0. The lowest BCUT2D eigenvalue weighted by molar-refractivity contribution is 0.373. The van der Waals surface area contributed by atoms with Crippen molar-refractivity contribution in [1.29, 1.82) is 0 Å². The largest absolute Gasteiger partial charge is 0.328 e. The van der Waals surface area contributed by atoms with Gasteiger partial charge in [0.1, 0.15) is 5.01 Å². The van der Waals surface area contributed by atoms with Crippen LogP contribution in [-0.2, 0) is 10.0 Å². The number of hydrogen-bond acceptors (Lipinski definition) is 5. The van der Waals surface area contributed by atoms with Crippen molar-refractivity contribution in [3.05, 3.63) is 35.3 Å². The molecule has 1 heterocycles. The molecule has 1 aromatic carbocycles. The van der Waals surface area contributed by atoms with E-state index in [1.54, 1.807) is 18.2 Å². The molecular weight excluding hydrogens is 330 g/mol. The SMILES string of the molecule is Cc1csc(-c2cccc(S(=O)(=O)NC3CCC(N)CC3)c2)n1. The smallest absolute Gasteiger partial charge is 0.240 e.